The molecule has 2 aliphatic carbocycles. The molecule has 2 aromatic heterocycles. The lowest BCUT2D eigenvalue weighted by Gasteiger charge is -2.41. The summed E-state index contributed by atoms with van der Waals surface area (Å²) < 4.78 is 91.9. The number of benzene rings is 1. The van der Waals surface area contributed by atoms with E-state index in [2.05, 4.69) is 9.97 Å². The molecule has 3 atom stereocenters. The van der Waals surface area contributed by atoms with Crippen LogP contribution in [0.5, 0.6) is 5.75 Å². The average molecular weight is 707 g/mol. The molecule has 3 aromatic rings. The van der Waals surface area contributed by atoms with Crippen LogP contribution in [0.25, 0.3) is 0 Å². The molecular weight excluding hydrogens is 662 g/mol. The van der Waals surface area contributed by atoms with E-state index in [1.54, 1.807) is 6.92 Å². The summed E-state index contributed by atoms with van der Waals surface area (Å²) >= 11 is 0. The summed E-state index contributed by atoms with van der Waals surface area (Å²) in [7, 11) is 0. The molecule has 0 bridgehead atoms. The Labute approximate surface area is 288 Å². The van der Waals surface area contributed by atoms with Crippen molar-refractivity contribution < 1.29 is 41.3 Å². The number of aliphatic hydroxyl groups excluding tert-OH is 2. The summed E-state index contributed by atoms with van der Waals surface area (Å²) in [5.74, 6) is -2.66. The Kier molecular flexibility index (Phi) is 10.1. The van der Waals surface area contributed by atoms with E-state index in [9.17, 15) is 32.2 Å². The number of ether oxygens (including phenoxy) is 1. The van der Waals surface area contributed by atoms with Crippen molar-refractivity contribution in [1.82, 2.24) is 15.0 Å². The van der Waals surface area contributed by atoms with Crippen molar-refractivity contribution in [3.05, 3.63) is 75.9 Å². The second kappa shape index (κ2) is 13.9. The number of hydrogen-bond acceptors (Lipinski definition) is 7. The van der Waals surface area contributed by atoms with Crippen LogP contribution in [0.2, 0.25) is 0 Å². The van der Waals surface area contributed by atoms with Crippen molar-refractivity contribution in [2.24, 2.45) is 5.41 Å². The van der Waals surface area contributed by atoms with Crippen LogP contribution >= 0.6 is 0 Å². The maximum Gasteiger partial charge on any atom is 0.416 e. The molecule has 1 aliphatic heterocycles. The quantitative estimate of drug-likeness (QED) is 0.228. The topological polar surface area (TPSA) is 91.6 Å². The first-order chi connectivity index (χ1) is 23.5. The van der Waals surface area contributed by atoms with Gasteiger partial charge < -0.3 is 19.8 Å². The van der Waals surface area contributed by atoms with Gasteiger partial charge in [-0.3, -0.25) is 4.98 Å². The van der Waals surface area contributed by atoms with E-state index >= 15 is 4.39 Å². The smallest absolute Gasteiger partial charge is 0.416 e. The number of fused-ring (bicyclic) bond motifs is 1. The summed E-state index contributed by atoms with van der Waals surface area (Å²) in [6, 6.07) is 3.96. The molecule has 2 N–H and O–H groups in total. The zero-order valence-electron chi connectivity index (χ0n) is 28.5. The number of aromatic nitrogens is 3. The molecule has 13 heteroatoms. The van der Waals surface area contributed by atoms with E-state index in [0.29, 0.717) is 73.0 Å². The fourth-order valence-corrected chi connectivity index (χ4v) is 7.83. The van der Waals surface area contributed by atoms with E-state index in [1.165, 1.54) is 12.4 Å². The SMILES string of the molecule is C[C@H](O)COc1cnc(N2CCC(c3nc4c(c(C5CCC(F)(F)CC5)c3[C@@H](F)c3ccc(C(F)(F)F)cc3)[C@@H](O)CC(C)(C)C4)CC2)nc1. The van der Waals surface area contributed by atoms with E-state index in [-0.39, 0.29) is 54.7 Å². The van der Waals surface area contributed by atoms with Gasteiger partial charge in [0.2, 0.25) is 11.9 Å². The molecule has 3 aliphatic rings. The first-order valence-electron chi connectivity index (χ1n) is 17.3. The largest absolute Gasteiger partial charge is 0.488 e. The van der Waals surface area contributed by atoms with Crippen LogP contribution in [-0.2, 0) is 12.6 Å². The lowest BCUT2D eigenvalue weighted by Crippen LogP contribution is -2.36. The minimum absolute atomic E-state index is 0.0118. The van der Waals surface area contributed by atoms with Crippen LogP contribution in [0.3, 0.4) is 0 Å². The van der Waals surface area contributed by atoms with E-state index in [0.717, 1.165) is 24.3 Å². The van der Waals surface area contributed by atoms with Gasteiger partial charge in [-0.2, -0.15) is 13.2 Å². The van der Waals surface area contributed by atoms with Crippen molar-refractivity contribution in [1.29, 1.82) is 0 Å². The second-order valence-electron chi connectivity index (χ2n) is 15.0. The molecule has 3 heterocycles. The van der Waals surface area contributed by atoms with Gasteiger partial charge >= 0.3 is 6.18 Å². The highest BCUT2D eigenvalue weighted by Gasteiger charge is 2.44. The van der Waals surface area contributed by atoms with Crippen molar-refractivity contribution in [2.45, 2.75) is 114 Å². The highest BCUT2D eigenvalue weighted by atomic mass is 19.4. The van der Waals surface area contributed by atoms with Crippen LogP contribution in [0.15, 0.2) is 36.7 Å². The number of hydrogen-bond donors (Lipinski definition) is 2. The van der Waals surface area contributed by atoms with Crippen molar-refractivity contribution in [2.75, 3.05) is 24.6 Å². The Morgan fingerprint density at radius 1 is 0.960 bits per heavy atom. The first-order valence-corrected chi connectivity index (χ1v) is 17.3. The van der Waals surface area contributed by atoms with Gasteiger partial charge in [0.25, 0.3) is 0 Å². The van der Waals surface area contributed by atoms with Gasteiger partial charge in [0.05, 0.1) is 35.9 Å². The molecule has 272 valence electrons. The number of pyridine rings is 1. The summed E-state index contributed by atoms with van der Waals surface area (Å²) in [5, 5.41) is 21.1. The summed E-state index contributed by atoms with van der Waals surface area (Å²) in [6.07, 6.45) is -3.64. The third-order valence-corrected chi connectivity index (χ3v) is 10.3. The van der Waals surface area contributed by atoms with Gasteiger partial charge in [0, 0.05) is 48.7 Å². The second-order valence-corrected chi connectivity index (χ2v) is 15.0. The number of aliphatic hydroxyl groups is 2. The fraction of sp³-hybridized carbons (Fsp3) is 0.595. The van der Waals surface area contributed by atoms with Gasteiger partial charge in [-0.15, -0.1) is 0 Å². The average Bonchev–Trinajstić information content (AvgIpc) is 3.06. The van der Waals surface area contributed by atoms with E-state index < -0.39 is 42.0 Å². The molecule has 7 nitrogen and oxygen atoms in total. The number of halogens is 6. The van der Waals surface area contributed by atoms with Crippen LogP contribution in [0, 0.1) is 5.41 Å². The molecule has 50 heavy (non-hydrogen) atoms. The number of rotatable bonds is 8. The molecule has 6 rings (SSSR count). The van der Waals surface area contributed by atoms with E-state index in [4.69, 9.17) is 9.72 Å². The number of alkyl halides is 6. The molecule has 1 saturated carbocycles. The monoisotopic (exact) mass is 706 g/mol. The molecular formula is C37H44F6N4O3. The predicted octanol–water partition coefficient (Wildman–Crippen LogP) is 8.39. The van der Waals surface area contributed by atoms with Crippen molar-refractivity contribution in [3.8, 4) is 5.75 Å². The standard InChI is InChI=1S/C37H44F6N4O3/c1-21(48)20-50-26-18-44-34(45-19-26)47-14-10-24(11-15-47)33-31(32(38)23-4-6-25(7-5-23)37(41,42)43)29(22-8-12-36(39,40)13-9-22)30-27(46-33)16-35(2,3)17-28(30)49/h4-7,18-19,21-22,24,28,32,48-49H,8-17,20H2,1-3H3/t21-,28-,32-/m0/s1. The Bertz CT molecular complexity index is 1630. The summed E-state index contributed by atoms with van der Waals surface area (Å²) in [5.41, 5.74) is 1.12. The van der Waals surface area contributed by atoms with Gasteiger partial charge in [-0.05, 0) is 80.0 Å². The van der Waals surface area contributed by atoms with E-state index in [1.807, 2.05) is 18.7 Å². The minimum Gasteiger partial charge on any atom is -0.488 e. The molecule has 0 radical (unpaired) electrons. The lowest BCUT2D eigenvalue weighted by atomic mass is 9.68. The normalized spacial score (nSPS) is 22.5. The van der Waals surface area contributed by atoms with Crippen LogP contribution in [0.4, 0.5) is 32.3 Å². The minimum atomic E-state index is -4.60. The summed E-state index contributed by atoms with van der Waals surface area (Å²) in [6.45, 7) is 6.77. The Balaban J connectivity index is 1.40. The Hall–Kier alpha value is -3.45. The third kappa shape index (κ3) is 7.88. The maximum atomic E-state index is 17.2. The number of piperidine rings is 1. The number of nitrogens with zero attached hydrogens (tertiary/aromatic N) is 4. The van der Waals surface area contributed by atoms with Gasteiger partial charge in [0.1, 0.15) is 6.61 Å². The predicted molar refractivity (Wildman–Crippen MR) is 175 cm³/mol. The van der Waals surface area contributed by atoms with Crippen LogP contribution in [-0.4, -0.2) is 56.9 Å². The third-order valence-electron chi connectivity index (χ3n) is 10.3. The fourth-order valence-electron chi connectivity index (χ4n) is 7.83. The highest BCUT2D eigenvalue weighted by molar-refractivity contribution is 5.51. The maximum absolute atomic E-state index is 17.2. The molecule has 2 fully saturated rings. The summed E-state index contributed by atoms with van der Waals surface area (Å²) in [4.78, 5) is 15.9. The first kappa shape index (κ1) is 36.3. The van der Waals surface area contributed by atoms with Crippen LogP contribution in [0.1, 0.15) is 129 Å². The van der Waals surface area contributed by atoms with Gasteiger partial charge in [-0.25, -0.2) is 23.1 Å². The lowest BCUT2D eigenvalue weighted by molar-refractivity contribution is -0.137. The van der Waals surface area contributed by atoms with Gasteiger partial charge in [-0.1, -0.05) is 26.0 Å². The Morgan fingerprint density at radius 3 is 2.16 bits per heavy atom. The molecule has 0 amide bonds. The molecule has 1 saturated heterocycles. The van der Waals surface area contributed by atoms with Crippen molar-refractivity contribution >= 4 is 5.95 Å². The number of anilines is 1. The molecule has 0 spiro atoms. The zero-order chi connectivity index (χ0) is 36.0. The molecule has 1 aromatic carbocycles. The Morgan fingerprint density at radius 2 is 1.58 bits per heavy atom. The highest BCUT2D eigenvalue weighted by Crippen LogP contribution is 2.52. The molecule has 0 unspecified atom stereocenters. The van der Waals surface area contributed by atoms with Gasteiger partial charge in [0.15, 0.2) is 11.9 Å². The zero-order valence-corrected chi connectivity index (χ0v) is 28.5. The van der Waals surface area contributed by atoms with Crippen molar-refractivity contribution in [3.63, 3.8) is 0 Å². The van der Waals surface area contributed by atoms with Crippen LogP contribution < -0.4 is 9.64 Å².